The summed E-state index contributed by atoms with van der Waals surface area (Å²) >= 11 is 5.62. The van der Waals surface area contributed by atoms with Gasteiger partial charge in [0.15, 0.2) is 0 Å². The number of alkyl halides is 1. The summed E-state index contributed by atoms with van der Waals surface area (Å²) in [5, 5.41) is 0. The van der Waals surface area contributed by atoms with Gasteiger partial charge in [-0.25, -0.2) is 0 Å². The minimum absolute atomic E-state index is 0.0323. The fourth-order valence-corrected chi connectivity index (χ4v) is 1.63. The lowest BCUT2D eigenvalue weighted by molar-refractivity contribution is -0.162. The van der Waals surface area contributed by atoms with E-state index in [9.17, 15) is 4.79 Å². The Morgan fingerprint density at radius 2 is 2.00 bits per heavy atom. The van der Waals surface area contributed by atoms with Crippen LogP contribution in [-0.4, -0.2) is 17.5 Å². The van der Waals surface area contributed by atoms with E-state index in [1.807, 2.05) is 20.8 Å². The van der Waals surface area contributed by atoms with Crippen LogP contribution in [-0.2, 0) is 9.53 Å². The van der Waals surface area contributed by atoms with Crippen LogP contribution in [0.1, 0.15) is 46.5 Å². The summed E-state index contributed by atoms with van der Waals surface area (Å²) in [6.07, 6.45) is 3.73. The SMILES string of the molecule is CC(C)(C)OC(=O)C1(CCCCl)CC1. The van der Waals surface area contributed by atoms with Gasteiger partial charge in [-0.05, 0) is 46.5 Å². The van der Waals surface area contributed by atoms with Crippen molar-refractivity contribution < 1.29 is 9.53 Å². The second kappa shape index (κ2) is 4.09. The number of halogens is 1. The number of carbonyl (C=O) groups excluding carboxylic acids is 1. The highest BCUT2D eigenvalue weighted by Gasteiger charge is 2.51. The van der Waals surface area contributed by atoms with E-state index >= 15 is 0 Å². The van der Waals surface area contributed by atoms with Crippen LogP contribution in [0.3, 0.4) is 0 Å². The van der Waals surface area contributed by atoms with Crippen molar-refractivity contribution in [2.75, 3.05) is 5.88 Å². The highest BCUT2D eigenvalue weighted by atomic mass is 35.5. The molecule has 0 bridgehead atoms. The average molecular weight is 219 g/mol. The normalized spacial score (nSPS) is 19.1. The molecule has 0 heterocycles. The van der Waals surface area contributed by atoms with E-state index in [1.54, 1.807) is 0 Å². The van der Waals surface area contributed by atoms with Crippen molar-refractivity contribution in [2.24, 2.45) is 5.41 Å². The Labute approximate surface area is 91.0 Å². The highest BCUT2D eigenvalue weighted by Crippen LogP contribution is 2.51. The molecule has 1 fully saturated rings. The Balaban J connectivity index is 2.44. The fraction of sp³-hybridized carbons (Fsp3) is 0.909. The number of esters is 1. The second-order valence-corrected chi connectivity index (χ2v) is 5.45. The number of carbonyl (C=O) groups is 1. The first-order valence-electron chi connectivity index (χ1n) is 5.19. The number of hydrogen-bond donors (Lipinski definition) is 0. The molecule has 0 amide bonds. The molecule has 3 heteroatoms. The Hall–Kier alpha value is -0.240. The van der Waals surface area contributed by atoms with Crippen LogP contribution in [0.4, 0.5) is 0 Å². The number of rotatable bonds is 4. The van der Waals surface area contributed by atoms with E-state index in [1.165, 1.54) is 0 Å². The third-order valence-electron chi connectivity index (χ3n) is 2.47. The van der Waals surface area contributed by atoms with Gasteiger partial charge in [-0.15, -0.1) is 11.6 Å². The molecule has 1 aliphatic carbocycles. The summed E-state index contributed by atoms with van der Waals surface area (Å²) in [6, 6.07) is 0. The molecule has 0 aromatic heterocycles. The monoisotopic (exact) mass is 218 g/mol. The molecule has 0 atom stereocenters. The van der Waals surface area contributed by atoms with Crippen molar-refractivity contribution in [3.8, 4) is 0 Å². The average Bonchev–Trinajstić information content (AvgIpc) is 2.78. The molecule has 0 unspecified atom stereocenters. The van der Waals surface area contributed by atoms with Gasteiger partial charge >= 0.3 is 5.97 Å². The highest BCUT2D eigenvalue weighted by molar-refractivity contribution is 6.17. The maximum Gasteiger partial charge on any atom is 0.312 e. The van der Waals surface area contributed by atoms with E-state index in [-0.39, 0.29) is 17.0 Å². The smallest absolute Gasteiger partial charge is 0.312 e. The van der Waals surface area contributed by atoms with Crippen LogP contribution >= 0.6 is 11.6 Å². The first-order valence-corrected chi connectivity index (χ1v) is 5.72. The summed E-state index contributed by atoms with van der Waals surface area (Å²) in [7, 11) is 0. The Morgan fingerprint density at radius 3 is 2.36 bits per heavy atom. The first-order chi connectivity index (χ1) is 6.40. The van der Waals surface area contributed by atoms with Crippen LogP contribution in [0.5, 0.6) is 0 Å². The molecule has 82 valence electrons. The summed E-state index contributed by atoms with van der Waals surface area (Å²) < 4.78 is 5.38. The summed E-state index contributed by atoms with van der Waals surface area (Å²) in [4.78, 5) is 11.8. The van der Waals surface area contributed by atoms with Gasteiger partial charge in [0.2, 0.25) is 0 Å². The lowest BCUT2D eigenvalue weighted by Gasteiger charge is -2.23. The van der Waals surface area contributed by atoms with Crippen molar-refractivity contribution in [1.82, 2.24) is 0 Å². The standard InChI is InChI=1S/C11H19ClO2/c1-10(2,3)14-9(13)11(6-7-11)5-4-8-12/h4-8H2,1-3H3. The first kappa shape index (κ1) is 11.8. The van der Waals surface area contributed by atoms with Crippen molar-refractivity contribution in [3.63, 3.8) is 0 Å². The molecule has 1 saturated carbocycles. The Bertz CT molecular complexity index is 214. The molecule has 14 heavy (non-hydrogen) atoms. The van der Waals surface area contributed by atoms with Gasteiger partial charge in [-0.1, -0.05) is 0 Å². The van der Waals surface area contributed by atoms with Crippen LogP contribution in [0.2, 0.25) is 0 Å². The summed E-state index contributed by atoms with van der Waals surface area (Å²) in [5.74, 6) is 0.597. The van der Waals surface area contributed by atoms with Gasteiger partial charge in [-0.3, -0.25) is 4.79 Å². The molecule has 0 aromatic rings. The summed E-state index contributed by atoms with van der Waals surface area (Å²) in [5.41, 5.74) is -0.546. The number of ether oxygens (including phenoxy) is 1. The van der Waals surface area contributed by atoms with Gasteiger partial charge in [0.25, 0.3) is 0 Å². The number of hydrogen-bond acceptors (Lipinski definition) is 2. The van der Waals surface area contributed by atoms with Crippen molar-refractivity contribution in [3.05, 3.63) is 0 Å². The minimum Gasteiger partial charge on any atom is -0.460 e. The molecule has 1 aliphatic rings. The van der Waals surface area contributed by atoms with Gasteiger partial charge in [0, 0.05) is 5.88 Å². The lowest BCUT2D eigenvalue weighted by atomic mass is 10.0. The molecule has 0 aliphatic heterocycles. The van der Waals surface area contributed by atoms with Crippen molar-refractivity contribution >= 4 is 17.6 Å². The van der Waals surface area contributed by atoms with Gasteiger partial charge < -0.3 is 4.74 Å². The molecule has 1 rings (SSSR count). The topological polar surface area (TPSA) is 26.3 Å². The van der Waals surface area contributed by atoms with E-state index < -0.39 is 0 Å². The lowest BCUT2D eigenvalue weighted by Crippen LogP contribution is -2.29. The third kappa shape index (κ3) is 3.16. The largest absolute Gasteiger partial charge is 0.460 e. The zero-order chi connectivity index (χ0) is 10.8. The predicted molar refractivity (Wildman–Crippen MR) is 57.5 cm³/mol. The zero-order valence-corrected chi connectivity index (χ0v) is 9.99. The van der Waals surface area contributed by atoms with E-state index in [2.05, 4.69) is 0 Å². The Morgan fingerprint density at radius 1 is 1.43 bits per heavy atom. The van der Waals surface area contributed by atoms with Crippen LogP contribution < -0.4 is 0 Å². The van der Waals surface area contributed by atoms with Gasteiger partial charge in [0.05, 0.1) is 5.41 Å². The third-order valence-corrected chi connectivity index (χ3v) is 2.74. The molecular weight excluding hydrogens is 200 g/mol. The predicted octanol–water partition coefficient (Wildman–Crippen LogP) is 3.13. The molecule has 0 N–H and O–H groups in total. The summed E-state index contributed by atoms with van der Waals surface area (Å²) in [6.45, 7) is 5.72. The molecular formula is C11H19ClO2. The molecule has 0 spiro atoms. The Kier molecular flexibility index (Phi) is 3.46. The maximum absolute atomic E-state index is 11.8. The molecule has 0 saturated heterocycles. The van der Waals surface area contributed by atoms with E-state index in [0.29, 0.717) is 5.88 Å². The van der Waals surface area contributed by atoms with Crippen molar-refractivity contribution in [1.29, 1.82) is 0 Å². The van der Waals surface area contributed by atoms with Crippen LogP contribution in [0.15, 0.2) is 0 Å². The fourth-order valence-electron chi connectivity index (χ4n) is 1.50. The quantitative estimate of drug-likeness (QED) is 0.535. The second-order valence-electron chi connectivity index (χ2n) is 5.07. The van der Waals surface area contributed by atoms with Crippen LogP contribution in [0, 0.1) is 5.41 Å². The minimum atomic E-state index is -0.367. The van der Waals surface area contributed by atoms with Gasteiger partial charge in [0.1, 0.15) is 5.60 Å². The van der Waals surface area contributed by atoms with Crippen molar-refractivity contribution in [2.45, 2.75) is 52.1 Å². The van der Waals surface area contributed by atoms with E-state index in [0.717, 1.165) is 25.7 Å². The van der Waals surface area contributed by atoms with E-state index in [4.69, 9.17) is 16.3 Å². The zero-order valence-electron chi connectivity index (χ0n) is 9.23. The van der Waals surface area contributed by atoms with Crippen LogP contribution in [0.25, 0.3) is 0 Å². The maximum atomic E-state index is 11.8. The molecule has 0 radical (unpaired) electrons. The molecule has 0 aromatic carbocycles. The molecule has 2 nitrogen and oxygen atoms in total. The van der Waals surface area contributed by atoms with Gasteiger partial charge in [-0.2, -0.15) is 0 Å².